The number of methoxy groups -OCH3 is 1. The zero-order chi connectivity index (χ0) is 12.8. The van der Waals surface area contributed by atoms with Gasteiger partial charge in [-0.3, -0.25) is 26.6 Å². The van der Waals surface area contributed by atoms with E-state index < -0.39 is 0 Å². The highest BCUT2D eigenvalue weighted by molar-refractivity contribution is 6.33. The van der Waals surface area contributed by atoms with Crippen LogP contribution in [0.4, 0.5) is 0 Å². The molecule has 6 heteroatoms. The summed E-state index contributed by atoms with van der Waals surface area (Å²) in [7, 11) is 1.55. The lowest BCUT2D eigenvalue weighted by molar-refractivity contribution is -0.123. The molecule has 0 aromatic heterocycles. The quantitative estimate of drug-likeness (QED) is 0.365. The molecule has 0 aliphatic carbocycles. The van der Waals surface area contributed by atoms with Crippen LogP contribution in [-0.2, 0) is 9.59 Å². The van der Waals surface area contributed by atoms with Crippen LogP contribution in [0.15, 0.2) is 30.3 Å². The van der Waals surface area contributed by atoms with E-state index in [-0.39, 0.29) is 11.8 Å². The van der Waals surface area contributed by atoms with E-state index >= 15 is 0 Å². The molecule has 0 bridgehead atoms. The number of hydrazine groups is 1. The number of nitrogens with one attached hydrogen (secondary N) is 1. The molecule has 1 aromatic rings. The van der Waals surface area contributed by atoms with Crippen LogP contribution < -0.4 is 21.7 Å². The Morgan fingerprint density at radius 3 is 2.47 bits per heavy atom. The van der Waals surface area contributed by atoms with Crippen LogP contribution in [0, 0.1) is 0 Å². The monoisotopic (exact) mass is 235 g/mol. The number of nitrogens with two attached hydrogens (primary N) is 2. The van der Waals surface area contributed by atoms with Crippen molar-refractivity contribution in [2.75, 3.05) is 7.11 Å². The largest absolute Gasteiger partial charge is 0.497 e. The average molecular weight is 235 g/mol. The molecule has 0 saturated heterocycles. The van der Waals surface area contributed by atoms with Gasteiger partial charge in [0.15, 0.2) is 0 Å². The number of carbonyl (C=O) groups is 2. The van der Waals surface area contributed by atoms with E-state index in [1.165, 1.54) is 6.08 Å². The smallest absolute Gasteiger partial charge is 0.258 e. The molecule has 1 aliphatic heterocycles. The van der Waals surface area contributed by atoms with E-state index in [9.17, 15) is 9.59 Å². The van der Waals surface area contributed by atoms with Crippen LogP contribution in [0.1, 0.15) is 5.56 Å². The molecule has 5 N–H and O–H groups in total. The lowest BCUT2D eigenvalue weighted by atomic mass is 10.1. The Kier molecular flexibility index (Phi) is 4.38. The number of rotatable bonds is 2. The molecule has 1 aliphatic rings. The van der Waals surface area contributed by atoms with Gasteiger partial charge in [0.1, 0.15) is 5.75 Å². The summed E-state index contributed by atoms with van der Waals surface area (Å²) in [4.78, 5) is 22.3. The Hall–Kier alpha value is -2.18. The summed E-state index contributed by atoms with van der Waals surface area (Å²) in [6.07, 6.45) is 1.29. The summed E-state index contributed by atoms with van der Waals surface area (Å²) in [6, 6.07) is 7.01. The molecule has 1 heterocycles. The molecule has 0 fully saturated rings. The number of benzene rings is 1. The van der Waals surface area contributed by atoms with E-state index in [4.69, 9.17) is 4.74 Å². The van der Waals surface area contributed by atoms with Gasteiger partial charge in [0.05, 0.1) is 12.7 Å². The molecule has 0 radical (unpaired) electrons. The maximum absolute atomic E-state index is 11.3. The number of carbonyl (C=O) groups excluding carboxylic acids is 2. The van der Waals surface area contributed by atoms with E-state index in [1.807, 2.05) is 0 Å². The molecule has 2 rings (SSSR count). The Labute approximate surface area is 98.2 Å². The molecule has 0 atom stereocenters. The second kappa shape index (κ2) is 5.78. The normalized spacial score (nSPS) is 13.5. The number of hydrogen-bond acceptors (Lipinski definition) is 5. The molecule has 0 saturated carbocycles. The van der Waals surface area contributed by atoms with Crippen molar-refractivity contribution in [1.82, 2.24) is 5.32 Å². The maximum Gasteiger partial charge on any atom is 0.258 e. The fourth-order valence-corrected chi connectivity index (χ4v) is 1.42. The Bertz CT molecular complexity index is 469. The fourth-order valence-electron chi connectivity index (χ4n) is 1.42. The highest BCUT2D eigenvalue weighted by Gasteiger charge is 2.22. The van der Waals surface area contributed by atoms with Gasteiger partial charge < -0.3 is 4.74 Å². The molecular weight excluding hydrogens is 222 g/mol. The van der Waals surface area contributed by atoms with Crippen LogP contribution in [0.2, 0.25) is 0 Å². The van der Waals surface area contributed by atoms with E-state index in [2.05, 4.69) is 17.0 Å². The van der Waals surface area contributed by atoms with E-state index in [0.717, 1.165) is 0 Å². The van der Waals surface area contributed by atoms with E-state index in [1.54, 1.807) is 31.4 Å². The number of ether oxygens (including phenoxy) is 1. The maximum atomic E-state index is 11.3. The van der Waals surface area contributed by atoms with Crippen LogP contribution in [0.5, 0.6) is 5.75 Å². The summed E-state index contributed by atoms with van der Waals surface area (Å²) >= 11 is 0. The molecule has 90 valence electrons. The van der Waals surface area contributed by atoms with Gasteiger partial charge in [-0.15, -0.1) is 0 Å². The Morgan fingerprint density at radius 1 is 1.24 bits per heavy atom. The van der Waals surface area contributed by atoms with Gasteiger partial charge in [-0.2, -0.15) is 0 Å². The standard InChI is InChI=1S/C11H9NO3.H4N2/c1-15-8-4-2-3-7(5-8)9-6-10(13)12-11(9)14;1-2/h2-6H,1H3,(H,12,13,14);1-2H2. The van der Waals surface area contributed by atoms with Gasteiger partial charge in [-0.05, 0) is 17.7 Å². The minimum absolute atomic E-state index is 0.367. The van der Waals surface area contributed by atoms with Gasteiger partial charge in [0.2, 0.25) is 0 Å². The number of hydrogen-bond donors (Lipinski definition) is 3. The summed E-state index contributed by atoms with van der Waals surface area (Å²) in [5.74, 6) is 7.91. The average Bonchev–Trinajstić information content (AvgIpc) is 2.71. The van der Waals surface area contributed by atoms with Crippen LogP contribution in [-0.4, -0.2) is 18.9 Å². The van der Waals surface area contributed by atoms with Crippen molar-refractivity contribution in [3.63, 3.8) is 0 Å². The van der Waals surface area contributed by atoms with Crippen molar-refractivity contribution in [2.45, 2.75) is 0 Å². The Morgan fingerprint density at radius 2 is 1.94 bits per heavy atom. The molecule has 17 heavy (non-hydrogen) atoms. The number of imide groups is 1. The summed E-state index contributed by atoms with van der Waals surface area (Å²) < 4.78 is 5.03. The fraction of sp³-hybridized carbons (Fsp3) is 0.0909. The second-order valence-electron chi connectivity index (χ2n) is 3.11. The van der Waals surface area contributed by atoms with Crippen molar-refractivity contribution in [3.8, 4) is 5.75 Å². The predicted octanol–water partition coefficient (Wildman–Crippen LogP) is -0.446. The Balaban J connectivity index is 0.000000686. The van der Waals surface area contributed by atoms with Crippen LogP contribution in [0.3, 0.4) is 0 Å². The third kappa shape index (κ3) is 2.90. The lowest BCUT2D eigenvalue weighted by Gasteiger charge is -2.03. The van der Waals surface area contributed by atoms with Crippen molar-refractivity contribution in [2.24, 2.45) is 11.7 Å². The molecule has 2 amide bonds. The SMILES string of the molecule is COc1cccc(C2=CC(=O)NC2=O)c1.NN. The van der Waals surface area contributed by atoms with Crippen molar-refractivity contribution in [3.05, 3.63) is 35.9 Å². The zero-order valence-corrected chi connectivity index (χ0v) is 9.27. The third-order valence-corrected chi connectivity index (χ3v) is 2.14. The first kappa shape index (κ1) is 12.9. The van der Waals surface area contributed by atoms with Gasteiger partial charge >= 0.3 is 0 Å². The minimum atomic E-state index is -0.377. The highest BCUT2D eigenvalue weighted by atomic mass is 16.5. The van der Waals surface area contributed by atoms with Crippen molar-refractivity contribution >= 4 is 17.4 Å². The first-order valence-corrected chi connectivity index (χ1v) is 4.75. The number of amides is 2. The summed E-state index contributed by atoms with van der Waals surface area (Å²) in [5, 5.41) is 2.19. The zero-order valence-electron chi connectivity index (χ0n) is 9.27. The molecule has 6 nitrogen and oxygen atoms in total. The van der Waals surface area contributed by atoms with Crippen LogP contribution >= 0.6 is 0 Å². The van der Waals surface area contributed by atoms with Gasteiger partial charge in [-0.1, -0.05) is 12.1 Å². The van der Waals surface area contributed by atoms with Gasteiger partial charge in [0.25, 0.3) is 11.8 Å². The summed E-state index contributed by atoms with van der Waals surface area (Å²) in [5.41, 5.74) is 1.05. The van der Waals surface area contributed by atoms with E-state index in [0.29, 0.717) is 16.9 Å². The summed E-state index contributed by atoms with van der Waals surface area (Å²) in [6.45, 7) is 0. The molecule has 1 aromatic carbocycles. The molecule has 0 spiro atoms. The van der Waals surface area contributed by atoms with Crippen LogP contribution in [0.25, 0.3) is 5.57 Å². The third-order valence-electron chi connectivity index (χ3n) is 2.14. The lowest BCUT2D eigenvalue weighted by Crippen LogP contribution is -2.21. The first-order valence-electron chi connectivity index (χ1n) is 4.75. The molecular formula is C11H13N3O3. The van der Waals surface area contributed by atoms with Gasteiger partial charge in [0, 0.05) is 6.08 Å². The first-order chi connectivity index (χ1) is 8.20. The second-order valence-corrected chi connectivity index (χ2v) is 3.11. The van der Waals surface area contributed by atoms with Crippen molar-refractivity contribution in [1.29, 1.82) is 0 Å². The van der Waals surface area contributed by atoms with Gasteiger partial charge in [-0.25, -0.2) is 0 Å². The highest BCUT2D eigenvalue weighted by Crippen LogP contribution is 2.22. The topological polar surface area (TPSA) is 107 Å². The minimum Gasteiger partial charge on any atom is -0.497 e. The predicted molar refractivity (Wildman–Crippen MR) is 62.5 cm³/mol. The van der Waals surface area contributed by atoms with Crippen molar-refractivity contribution < 1.29 is 14.3 Å². The molecule has 0 unspecified atom stereocenters.